The number of imidazole rings is 1. The number of aromatic nitrogens is 2. The maximum atomic E-state index is 6.07. The van der Waals surface area contributed by atoms with Gasteiger partial charge in [0.05, 0.1) is 30.3 Å². The number of hydrogen-bond acceptors (Lipinski definition) is 3. The molecule has 1 aromatic carbocycles. The first-order valence-corrected chi connectivity index (χ1v) is 7.19. The standard InChI is InChI=1S/C14H16ClN3O/c15-9-1-4-13-11(7-9)17-14(18(13)10-2-3-10)12-8-19-6-5-16-12/h1,4,7,10,12,16H,2-3,5-6,8H2. The second-order valence-electron chi connectivity index (χ2n) is 5.29. The number of nitrogens with zero attached hydrogens (tertiary/aromatic N) is 2. The molecule has 2 aliphatic rings. The topological polar surface area (TPSA) is 39.1 Å². The van der Waals surface area contributed by atoms with E-state index in [4.69, 9.17) is 21.3 Å². The summed E-state index contributed by atoms with van der Waals surface area (Å²) in [6.07, 6.45) is 2.49. The Morgan fingerprint density at radius 2 is 2.26 bits per heavy atom. The van der Waals surface area contributed by atoms with Crippen LogP contribution in [0.4, 0.5) is 0 Å². The molecule has 100 valence electrons. The van der Waals surface area contributed by atoms with Crippen molar-refractivity contribution in [3.8, 4) is 0 Å². The third-order valence-corrected chi connectivity index (χ3v) is 4.06. The van der Waals surface area contributed by atoms with Crippen LogP contribution in [0.1, 0.15) is 30.7 Å². The molecule has 2 heterocycles. The van der Waals surface area contributed by atoms with Gasteiger partial charge in [-0.25, -0.2) is 4.98 Å². The van der Waals surface area contributed by atoms with Crippen molar-refractivity contribution in [1.29, 1.82) is 0 Å². The second kappa shape index (κ2) is 4.47. The van der Waals surface area contributed by atoms with Crippen LogP contribution in [0.3, 0.4) is 0 Å². The molecule has 4 nitrogen and oxygen atoms in total. The van der Waals surface area contributed by atoms with Gasteiger partial charge in [0.15, 0.2) is 0 Å². The summed E-state index contributed by atoms with van der Waals surface area (Å²) in [5, 5.41) is 4.24. The van der Waals surface area contributed by atoms with Crippen LogP contribution in [0.2, 0.25) is 5.02 Å². The van der Waals surface area contributed by atoms with Crippen LogP contribution in [0.5, 0.6) is 0 Å². The van der Waals surface area contributed by atoms with Gasteiger partial charge in [-0.3, -0.25) is 0 Å². The number of nitrogens with one attached hydrogen (secondary N) is 1. The number of fused-ring (bicyclic) bond motifs is 1. The number of hydrogen-bond donors (Lipinski definition) is 1. The molecular formula is C14H16ClN3O. The lowest BCUT2D eigenvalue weighted by Gasteiger charge is -2.24. The average molecular weight is 278 g/mol. The number of ether oxygens (including phenoxy) is 1. The van der Waals surface area contributed by atoms with Crippen molar-refractivity contribution in [3.05, 3.63) is 29.0 Å². The zero-order valence-electron chi connectivity index (χ0n) is 10.6. The molecular weight excluding hydrogens is 262 g/mol. The van der Waals surface area contributed by atoms with Crippen LogP contribution in [0.25, 0.3) is 11.0 Å². The SMILES string of the molecule is Clc1ccc2c(c1)nc(C1COCCN1)n2C1CC1. The second-order valence-corrected chi connectivity index (χ2v) is 5.72. The van der Waals surface area contributed by atoms with Gasteiger partial charge in [0.25, 0.3) is 0 Å². The van der Waals surface area contributed by atoms with Crippen LogP contribution in [-0.4, -0.2) is 29.3 Å². The maximum absolute atomic E-state index is 6.07. The third kappa shape index (κ3) is 2.04. The molecule has 4 rings (SSSR count). The number of rotatable bonds is 2. The Morgan fingerprint density at radius 3 is 3.00 bits per heavy atom. The molecule has 1 aliphatic carbocycles. The quantitative estimate of drug-likeness (QED) is 0.917. The van der Waals surface area contributed by atoms with E-state index in [0.717, 1.165) is 29.5 Å². The van der Waals surface area contributed by atoms with Crippen LogP contribution in [-0.2, 0) is 4.74 Å². The Hall–Kier alpha value is -1.10. The number of morpholine rings is 1. The van der Waals surface area contributed by atoms with Crippen LogP contribution >= 0.6 is 11.6 Å². The van der Waals surface area contributed by atoms with Gasteiger partial charge in [-0.2, -0.15) is 0 Å². The number of halogens is 1. The predicted molar refractivity (Wildman–Crippen MR) is 74.6 cm³/mol. The summed E-state index contributed by atoms with van der Waals surface area (Å²) in [7, 11) is 0. The molecule has 5 heteroatoms. The van der Waals surface area contributed by atoms with Gasteiger partial charge >= 0.3 is 0 Å². The fraction of sp³-hybridized carbons (Fsp3) is 0.500. The molecule has 2 aromatic rings. The Morgan fingerprint density at radius 1 is 1.37 bits per heavy atom. The van der Waals surface area contributed by atoms with Crippen molar-refractivity contribution in [2.45, 2.75) is 24.9 Å². The molecule has 0 radical (unpaired) electrons. The minimum Gasteiger partial charge on any atom is -0.378 e. The lowest BCUT2D eigenvalue weighted by Crippen LogP contribution is -2.36. The minimum atomic E-state index is 0.195. The van der Waals surface area contributed by atoms with Gasteiger partial charge in [-0.15, -0.1) is 0 Å². The van der Waals surface area contributed by atoms with Gasteiger partial charge < -0.3 is 14.6 Å². The monoisotopic (exact) mass is 277 g/mol. The van der Waals surface area contributed by atoms with E-state index in [1.165, 1.54) is 18.4 Å². The van der Waals surface area contributed by atoms with Gasteiger partial charge in [-0.1, -0.05) is 11.6 Å². The lowest BCUT2D eigenvalue weighted by atomic mass is 10.2. The first-order chi connectivity index (χ1) is 9.33. The van der Waals surface area contributed by atoms with E-state index in [0.29, 0.717) is 12.6 Å². The molecule has 1 N–H and O–H groups in total. The molecule has 1 aromatic heterocycles. The van der Waals surface area contributed by atoms with E-state index in [9.17, 15) is 0 Å². The van der Waals surface area contributed by atoms with E-state index in [-0.39, 0.29) is 6.04 Å². The largest absolute Gasteiger partial charge is 0.378 e. The van der Waals surface area contributed by atoms with Crippen LogP contribution in [0.15, 0.2) is 18.2 Å². The zero-order chi connectivity index (χ0) is 12.8. The fourth-order valence-electron chi connectivity index (χ4n) is 2.78. The Bertz CT molecular complexity index is 614. The molecule has 2 fully saturated rings. The Kier molecular flexibility index (Phi) is 2.76. The summed E-state index contributed by atoms with van der Waals surface area (Å²) >= 11 is 6.07. The zero-order valence-corrected chi connectivity index (χ0v) is 11.4. The lowest BCUT2D eigenvalue weighted by molar-refractivity contribution is 0.0732. The van der Waals surface area contributed by atoms with E-state index < -0.39 is 0 Å². The highest BCUT2D eigenvalue weighted by Gasteiger charge is 2.31. The normalized spacial score (nSPS) is 23.9. The van der Waals surface area contributed by atoms with Gasteiger partial charge in [-0.05, 0) is 31.0 Å². The van der Waals surface area contributed by atoms with Crippen molar-refractivity contribution >= 4 is 22.6 Å². The summed E-state index contributed by atoms with van der Waals surface area (Å²) in [6.45, 7) is 2.37. The summed E-state index contributed by atoms with van der Waals surface area (Å²) < 4.78 is 7.94. The molecule has 0 bridgehead atoms. The van der Waals surface area contributed by atoms with Crippen molar-refractivity contribution in [2.75, 3.05) is 19.8 Å². The highest BCUT2D eigenvalue weighted by molar-refractivity contribution is 6.31. The van der Waals surface area contributed by atoms with E-state index >= 15 is 0 Å². The van der Waals surface area contributed by atoms with Gasteiger partial charge in [0.2, 0.25) is 0 Å². The summed E-state index contributed by atoms with van der Waals surface area (Å²) in [6, 6.07) is 6.77. The molecule has 0 amide bonds. The highest BCUT2D eigenvalue weighted by atomic mass is 35.5. The number of benzene rings is 1. The van der Waals surface area contributed by atoms with Crippen molar-refractivity contribution in [2.24, 2.45) is 0 Å². The van der Waals surface area contributed by atoms with E-state index in [2.05, 4.69) is 16.0 Å². The van der Waals surface area contributed by atoms with Gasteiger partial charge in [0.1, 0.15) is 5.82 Å². The molecule has 1 aliphatic heterocycles. The van der Waals surface area contributed by atoms with Crippen LogP contribution < -0.4 is 5.32 Å². The maximum Gasteiger partial charge on any atom is 0.129 e. The first-order valence-electron chi connectivity index (χ1n) is 6.81. The summed E-state index contributed by atoms with van der Waals surface area (Å²) in [5.74, 6) is 1.10. The Balaban J connectivity index is 1.85. The summed E-state index contributed by atoms with van der Waals surface area (Å²) in [4.78, 5) is 4.79. The Labute approximate surface area is 116 Å². The molecule has 19 heavy (non-hydrogen) atoms. The molecule has 1 saturated heterocycles. The smallest absolute Gasteiger partial charge is 0.129 e. The predicted octanol–water partition coefficient (Wildman–Crippen LogP) is 2.69. The molecule has 1 saturated carbocycles. The first kappa shape index (κ1) is 11.7. The minimum absolute atomic E-state index is 0.195. The van der Waals surface area contributed by atoms with Crippen molar-refractivity contribution in [1.82, 2.24) is 14.9 Å². The third-order valence-electron chi connectivity index (χ3n) is 3.82. The van der Waals surface area contributed by atoms with Crippen molar-refractivity contribution < 1.29 is 4.74 Å². The van der Waals surface area contributed by atoms with E-state index in [1.807, 2.05) is 12.1 Å². The average Bonchev–Trinajstić information content (AvgIpc) is 3.20. The van der Waals surface area contributed by atoms with Crippen LogP contribution in [0, 0.1) is 0 Å². The highest BCUT2D eigenvalue weighted by Crippen LogP contribution is 2.40. The fourth-order valence-corrected chi connectivity index (χ4v) is 2.95. The van der Waals surface area contributed by atoms with Gasteiger partial charge in [0, 0.05) is 17.6 Å². The molecule has 1 unspecified atom stereocenters. The molecule has 0 spiro atoms. The van der Waals surface area contributed by atoms with E-state index in [1.54, 1.807) is 0 Å². The molecule has 1 atom stereocenters. The van der Waals surface area contributed by atoms with Crippen molar-refractivity contribution in [3.63, 3.8) is 0 Å². The summed E-state index contributed by atoms with van der Waals surface area (Å²) in [5.41, 5.74) is 2.18.